The average Bonchev–Trinajstić information content (AvgIpc) is 3.08. The molecule has 33 heavy (non-hydrogen) atoms. The number of benzene rings is 2. The van der Waals surface area contributed by atoms with Crippen molar-refractivity contribution < 1.29 is 0 Å². The maximum absolute atomic E-state index is 13.6. The fraction of sp³-hybridized carbons (Fsp3) is 0.385. The van der Waals surface area contributed by atoms with Crippen LogP contribution in [-0.4, -0.2) is 22.6 Å². The number of piperidine rings is 1. The van der Waals surface area contributed by atoms with Crippen LogP contribution < -0.4 is 16.2 Å². The highest BCUT2D eigenvalue weighted by Crippen LogP contribution is 2.51. The van der Waals surface area contributed by atoms with E-state index in [1.54, 1.807) is 22.8 Å². The summed E-state index contributed by atoms with van der Waals surface area (Å²) in [6, 6.07) is 13.9. The monoisotopic (exact) mass is 482 g/mol. The van der Waals surface area contributed by atoms with Crippen molar-refractivity contribution >= 4 is 29.0 Å². The van der Waals surface area contributed by atoms with E-state index < -0.39 is 0 Å². The molecule has 1 saturated heterocycles. The van der Waals surface area contributed by atoms with Gasteiger partial charge in [-0.1, -0.05) is 60.5 Å². The molecular formula is C26H28Cl2N4O. The number of aryl methyl sites for hydroxylation is 1. The van der Waals surface area contributed by atoms with Crippen LogP contribution in [0.1, 0.15) is 48.3 Å². The van der Waals surface area contributed by atoms with Gasteiger partial charge in [0.05, 0.1) is 21.3 Å². The minimum Gasteiger partial charge on any atom is -0.356 e. The molecule has 0 unspecified atom stereocenters. The molecular weight excluding hydrogens is 455 g/mol. The summed E-state index contributed by atoms with van der Waals surface area (Å²) in [6.07, 6.45) is 3.58. The van der Waals surface area contributed by atoms with E-state index in [4.69, 9.17) is 33.9 Å². The molecule has 2 aromatic carbocycles. The molecule has 0 saturated carbocycles. The summed E-state index contributed by atoms with van der Waals surface area (Å²) >= 11 is 12.6. The molecule has 3 aromatic rings. The first kappa shape index (κ1) is 22.5. The zero-order chi connectivity index (χ0) is 23.3. The van der Waals surface area contributed by atoms with E-state index >= 15 is 0 Å². The Labute approximate surface area is 204 Å². The summed E-state index contributed by atoms with van der Waals surface area (Å²) in [5.74, 6) is 1.38. The van der Waals surface area contributed by atoms with Gasteiger partial charge in [0.25, 0.3) is 5.56 Å². The standard InChI is InChI=1S/C26H28Cl2N4O/c1-3-18-24(30-16(2)32(25(18)33)21-10-6-9-20(27)22(21)28)31-13-11-26(12-14-31)15-17-7-4-5-8-19(17)23(26)29/h4-10,23H,3,11-15,29H2,1-2H3/t23-/m0/s1. The molecule has 2 heterocycles. The smallest absolute Gasteiger partial charge is 0.263 e. The zero-order valence-corrected chi connectivity index (χ0v) is 20.5. The Morgan fingerprint density at radius 2 is 1.85 bits per heavy atom. The minimum atomic E-state index is -0.0885. The van der Waals surface area contributed by atoms with Crippen molar-refractivity contribution in [2.75, 3.05) is 18.0 Å². The lowest BCUT2D eigenvalue weighted by Crippen LogP contribution is -2.45. The van der Waals surface area contributed by atoms with Crippen molar-refractivity contribution in [3.63, 3.8) is 0 Å². The fourth-order valence-corrected chi connectivity index (χ4v) is 6.02. The first-order valence-electron chi connectivity index (χ1n) is 11.5. The van der Waals surface area contributed by atoms with Crippen LogP contribution >= 0.6 is 23.2 Å². The van der Waals surface area contributed by atoms with Crippen LogP contribution in [0.25, 0.3) is 5.69 Å². The number of hydrogen-bond acceptors (Lipinski definition) is 4. The number of nitrogens with zero attached hydrogens (tertiary/aromatic N) is 3. The summed E-state index contributed by atoms with van der Waals surface area (Å²) < 4.78 is 1.57. The Morgan fingerprint density at radius 1 is 1.12 bits per heavy atom. The Bertz CT molecular complexity index is 1280. The Kier molecular flexibility index (Phi) is 5.76. The van der Waals surface area contributed by atoms with Crippen molar-refractivity contribution in [2.45, 2.75) is 45.6 Å². The first-order chi connectivity index (χ1) is 15.9. The van der Waals surface area contributed by atoms with Crippen LogP contribution in [0.3, 0.4) is 0 Å². The summed E-state index contributed by atoms with van der Waals surface area (Å²) in [5.41, 5.74) is 10.7. The normalized spacial score (nSPS) is 19.2. The summed E-state index contributed by atoms with van der Waals surface area (Å²) in [4.78, 5) is 20.7. The number of anilines is 1. The molecule has 5 rings (SSSR count). The van der Waals surface area contributed by atoms with E-state index in [9.17, 15) is 4.79 Å². The topological polar surface area (TPSA) is 64.2 Å². The number of rotatable bonds is 3. The van der Waals surface area contributed by atoms with Crippen molar-refractivity contribution in [1.82, 2.24) is 9.55 Å². The lowest BCUT2D eigenvalue weighted by Gasteiger charge is -2.43. The maximum atomic E-state index is 13.6. The SMILES string of the molecule is CCc1c(N2CCC3(CC2)Cc2ccccc2[C@@H]3N)nc(C)n(-c2cccc(Cl)c2Cl)c1=O. The van der Waals surface area contributed by atoms with Gasteiger partial charge in [0.2, 0.25) is 0 Å². The largest absolute Gasteiger partial charge is 0.356 e. The van der Waals surface area contributed by atoms with Crippen LogP contribution in [0, 0.1) is 12.3 Å². The molecule has 5 nitrogen and oxygen atoms in total. The molecule has 0 radical (unpaired) electrons. The highest BCUT2D eigenvalue weighted by Gasteiger charge is 2.46. The molecule has 1 aliphatic carbocycles. The van der Waals surface area contributed by atoms with Gasteiger partial charge < -0.3 is 10.6 Å². The third kappa shape index (κ3) is 3.58. The molecule has 0 bridgehead atoms. The summed E-state index contributed by atoms with van der Waals surface area (Å²) in [5, 5.41) is 0.772. The van der Waals surface area contributed by atoms with E-state index in [2.05, 4.69) is 29.2 Å². The van der Waals surface area contributed by atoms with Crippen molar-refractivity contribution in [1.29, 1.82) is 0 Å². The number of fused-ring (bicyclic) bond motifs is 1. The quantitative estimate of drug-likeness (QED) is 0.553. The second-order valence-electron chi connectivity index (χ2n) is 9.23. The van der Waals surface area contributed by atoms with Crippen LogP contribution in [0.5, 0.6) is 0 Å². The van der Waals surface area contributed by atoms with Crippen LogP contribution in [-0.2, 0) is 12.8 Å². The molecule has 1 aromatic heterocycles. The molecule has 2 aliphatic rings. The van der Waals surface area contributed by atoms with Crippen molar-refractivity contribution in [2.24, 2.45) is 11.1 Å². The van der Waals surface area contributed by atoms with E-state index in [0.717, 1.165) is 38.2 Å². The molecule has 1 spiro atoms. The predicted molar refractivity (Wildman–Crippen MR) is 135 cm³/mol. The van der Waals surface area contributed by atoms with Gasteiger partial charge in [0, 0.05) is 19.1 Å². The highest BCUT2D eigenvalue weighted by atomic mass is 35.5. The van der Waals surface area contributed by atoms with Gasteiger partial charge in [-0.25, -0.2) is 4.98 Å². The third-order valence-electron chi connectivity index (χ3n) is 7.50. The molecule has 1 fully saturated rings. The Hall–Kier alpha value is -2.34. The van der Waals surface area contributed by atoms with E-state index in [-0.39, 0.29) is 17.0 Å². The molecule has 172 valence electrons. The van der Waals surface area contributed by atoms with Gasteiger partial charge in [0.15, 0.2) is 0 Å². The van der Waals surface area contributed by atoms with Crippen molar-refractivity contribution in [3.05, 3.63) is 85.4 Å². The van der Waals surface area contributed by atoms with Gasteiger partial charge in [0.1, 0.15) is 11.6 Å². The second kappa shape index (κ2) is 8.46. The maximum Gasteiger partial charge on any atom is 0.263 e. The first-order valence-corrected chi connectivity index (χ1v) is 12.3. The van der Waals surface area contributed by atoms with Gasteiger partial charge in [-0.3, -0.25) is 9.36 Å². The number of halogens is 2. The van der Waals surface area contributed by atoms with Gasteiger partial charge in [-0.15, -0.1) is 0 Å². The second-order valence-corrected chi connectivity index (χ2v) is 10.0. The fourth-order valence-electron chi connectivity index (χ4n) is 5.64. The Morgan fingerprint density at radius 3 is 2.55 bits per heavy atom. The number of aromatic nitrogens is 2. The number of hydrogen-bond donors (Lipinski definition) is 1. The van der Waals surface area contributed by atoms with Gasteiger partial charge in [-0.2, -0.15) is 0 Å². The molecule has 1 atom stereocenters. The van der Waals surface area contributed by atoms with Gasteiger partial charge in [-0.05, 0) is 61.3 Å². The summed E-state index contributed by atoms with van der Waals surface area (Å²) in [7, 11) is 0. The lowest BCUT2D eigenvalue weighted by molar-refractivity contribution is 0.187. The lowest BCUT2D eigenvalue weighted by atomic mass is 9.73. The van der Waals surface area contributed by atoms with Gasteiger partial charge >= 0.3 is 0 Å². The third-order valence-corrected chi connectivity index (χ3v) is 8.31. The zero-order valence-electron chi connectivity index (χ0n) is 18.9. The Balaban J connectivity index is 1.47. The average molecular weight is 483 g/mol. The molecule has 0 amide bonds. The predicted octanol–water partition coefficient (Wildman–Crippen LogP) is 5.25. The van der Waals surface area contributed by atoms with Crippen LogP contribution in [0.15, 0.2) is 47.3 Å². The van der Waals surface area contributed by atoms with Crippen LogP contribution in [0.2, 0.25) is 10.0 Å². The highest BCUT2D eigenvalue weighted by molar-refractivity contribution is 6.43. The van der Waals surface area contributed by atoms with E-state index in [1.807, 2.05) is 13.8 Å². The van der Waals surface area contributed by atoms with Crippen molar-refractivity contribution in [3.8, 4) is 5.69 Å². The van der Waals surface area contributed by atoms with E-state index in [1.165, 1.54) is 11.1 Å². The minimum absolute atomic E-state index is 0.0640. The number of nitrogens with two attached hydrogens (primary N) is 1. The van der Waals surface area contributed by atoms with Crippen LogP contribution in [0.4, 0.5) is 5.82 Å². The van der Waals surface area contributed by atoms with E-state index in [0.29, 0.717) is 33.5 Å². The summed E-state index contributed by atoms with van der Waals surface area (Å²) in [6.45, 7) is 5.51. The molecule has 2 N–H and O–H groups in total. The molecule has 1 aliphatic heterocycles. The molecule has 7 heteroatoms.